The van der Waals surface area contributed by atoms with Crippen molar-refractivity contribution in [3.8, 4) is 0 Å². The summed E-state index contributed by atoms with van der Waals surface area (Å²) in [6.07, 6.45) is 0. The normalized spacial score (nSPS) is 12.2. The summed E-state index contributed by atoms with van der Waals surface area (Å²) in [5, 5.41) is 0. The van der Waals surface area contributed by atoms with E-state index in [9.17, 15) is 0 Å². The molecule has 0 amide bonds. The molecule has 0 aromatic heterocycles. The van der Waals surface area contributed by atoms with Gasteiger partial charge in [-0.25, -0.2) is 4.21 Å². The van der Waals surface area contributed by atoms with Gasteiger partial charge in [-0.05, 0) is 0 Å². The Bertz CT molecular complexity index is 56.0. The topological polar surface area (TPSA) is 37.3 Å². The van der Waals surface area contributed by atoms with Crippen LogP contribution in [0.3, 0.4) is 0 Å². The van der Waals surface area contributed by atoms with Gasteiger partial charge in [-0.2, -0.15) is 0 Å². The van der Waals surface area contributed by atoms with Gasteiger partial charge in [-0.3, -0.25) is 0 Å². The van der Waals surface area contributed by atoms with E-state index >= 15 is 0 Å². The van der Waals surface area contributed by atoms with Crippen molar-refractivity contribution in [2.45, 2.75) is 0 Å². The van der Waals surface area contributed by atoms with E-state index in [0.29, 0.717) is 0 Å². The maximum absolute atomic E-state index is 8.96. The van der Waals surface area contributed by atoms with Crippen molar-refractivity contribution in [3.63, 3.8) is 0 Å². The summed E-state index contributed by atoms with van der Waals surface area (Å²) in [4.78, 5) is 0. The molecule has 0 aromatic carbocycles. The van der Waals surface area contributed by atoms with Crippen LogP contribution in [-0.2, 0) is 20.8 Å². The molecule has 0 spiro atoms. The van der Waals surface area contributed by atoms with Crippen molar-refractivity contribution in [3.05, 3.63) is 0 Å². The zero-order valence-corrected chi connectivity index (χ0v) is 3.42. The third-order valence-corrected chi connectivity index (χ3v) is 0. The molecule has 0 saturated carbocycles. The molecule has 2 nitrogen and oxygen atoms in total. The SMILES string of the molecule is O=[SH](O)=S.[KH]. The Hall–Kier alpha value is 1.97. The van der Waals surface area contributed by atoms with Gasteiger partial charge in [0.1, 0.15) is 9.64 Å². The van der Waals surface area contributed by atoms with E-state index in [-0.39, 0.29) is 51.4 Å². The van der Waals surface area contributed by atoms with E-state index in [1.807, 2.05) is 0 Å². The molecule has 1 N–H and O–H groups in total. The first-order valence-electron chi connectivity index (χ1n) is 0.565. The Balaban J connectivity index is 0. The average molecular weight is 138 g/mol. The van der Waals surface area contributed by atoms with Gasteiger partial charge in [0, 0.05) is 11.2 Å². The number of hydrogen-bond acceptors (Lipinski definition) is 2. The first kappa shape index (κ1) is 10.1. The first-order valence-corrected chi connectivity index (χ1v) is 2.79. The van der Waals surface area contributed by atoms with Gasteiger partial charge in [-0.15, -0.1) is 0 Å². The Kier molecular flexibility index (Phi) is 12.0. The summed E-state index contributed by atoms with van der Waals surface area (Å²) in [6.45, 7) is 0. The monoisotopic (exact) mass is 138 g/mol. The first-order chi connectivity index (χ1) is 1.73. The molecule has 0 aromatic rings. The fourth-order valence-corrected chi connectivity index (χ4v) is 0. The molecule has 0 bridgehead atoms. The van der Waals surface area contributed by atoms with Crippen molar-refractivity contribution in [1.82, 2.24) is 0 Å². The van der Waals surface area contributed by atoms with E-state index in [2.05, 4.69) is 11.2 Å². The van der Waals surface area contributed by atoms with Gasteiger partial charge < -0.3 is 4.55 Å². The second-order valence-corrected chi connectivity index (χ2v) is 1.65. The van der Waals surface area contributed by atoms with Gasteiger partial charge in [-0.1, -0.05) is 0 Å². The molecular weight excluding hydrogens is 135 g/mol. The molecule has 0 rings (SSSR count). The second-order valence-electron chi connectivity index (χ2n) is 0.238. The third kappa shape index (κ3) is 24.3. The molecule has 0 aliphatic rings. The van der Waals surface area contributed by atoms with Crippen LogP contribution in [0.1, 0.15) is 0 Å². The van der Waals surface area contributed by atoms with Gasteiger partial charge >= 0.3 is 51.4 Å². The van der Waals surface area contributed by atoms with Crippen LogP contribution in [-0.4, -0.2) is 60.1 Å². The van der Waals surface area contributed by atoms with Crippen LogP contribution in [0.5, 0.6) is 0 Å². The molecule has 5 heteroatoms. The quantitative estimate of drug-likeness (QED) is 0.324. The summed E-state index contributed by atoms with van der Waals surface area (Å²) < 4.78 is 16.3. The summed E-state index contributed by atoms with van der Waals surface area (Å²) in [7, 11) is -2.29. The van der Waals surface area contributed by atoms with E-state index in [1.165, 1.54) is 0 Å². The fraction of sp³-hybridized carbons (Fsp3) is 0. The molecule has 28 valence electrons. The molecule has 1 unspecified atom stereocenters. The van der Waals surface area contributed by atoms with Crippen molar-refractivity contribution < 1.29 is 8.76 Å². The minimum atomic E-state index is -2.29. The summed E-state index contributed by atoms with van der Waals surface area (Å²) in [6, 6.07) is 0. The van der Waals surface area contributed by atoms with Crippen LogP contribution in [0.25, 0.3) is 0 Å². The number of thiol groups is 1. The Morgan fingerprint density at radius 3 is 1.80 bits per heavy atom. The zero-order chi connectivity index (χ0) is 3.58. The second kappa shape index (κ2) is 5.97. The minimum absolute atomic E-state index is 0. The Morgan fingerprint density at radius 1 is 1.80 bits per heavy atom. The van der Waals surface area contributed by atoms with E-state index < -0.39 is 9.64 Å². The molecule has 0 aliphatic heterocycles. The molecular formula is H3KO2S2. The van der Waals surface area contributed by atoms with Crippen LogP contribution >= 0.6 is 0 Å². The third-order valence-electron chi connectivity index (χ3n) is 0. The maximum atomic E-state index is 8.96. The van der Waals surface area contributed by atoms with E-state index in [4.69, 9.17) is 8.76 Å². The molecule has 5 heavy (non-hydrogen) atoms. The molecule has 0 radical (unpaired) electrons. The Morgan fingerprint density at radius 2 is 1.80 bits per heavy atom. The fourth-order valence-electron chi connectivity index (χ4n) is 0. The standard InChI is InChI=1S/K.H2O2S2.H/c;1-4(2)3;/h;4H,(H,1,2,3);. The van der Waals surface area contributed by atoms with Crippen LogP contribution in [0, 0.1) is 0 Å². The average Bonchev–Trinajstić information content (AvgIpc) is 0.811. The Labute approximate surface area is 79.3 Å². The van der Waals surface area contributed by atoms with Crippen molar-refractivity contribution in [2.24, 2.45) is 0 Å². The van der Waals surface area contributed by atoms with Crippen LogP contribution in [0.4, 0.5) is 0 Å². The zero-order valence-electron chi connectivity index (χ0n) is 1.71. The number of hydrogen-bond donors (Lipinski definition) is 2. The molecule has 1 atom stereocenters. The van der Waals surface area contributed by atoms with Crippen molar-refractivity contribution >= 4 is 72.2 Å². The number of rotatable bonds is 0. The predicted molar refractivity (Wildman–Crippen MR) is 26.7 cm³/mol. The van der Waals surface area contributed by atoms with Crippen LogP contribution in [0.15, 0.2) is 0 Å². The van der Waals surface area contributed by atoms with Gasteiger partial charge in [0.2, 0.25) is 0 Å². The molecule has 0 heterocycles. The summed E-state index contributed by atoms with van der Waals surface area (Å²) in [5.74, 6) is 0. The predicted octanol–water partition coefficient (Wildman–Crippen LogP) is -1.25. The van der Waals surface area contributed by atoms with Crippen molar-refractivity contribution in [2.75, 3.05) is 0 Å². The van der Waals surface area contributed by atoms with Gasteiger partial charge in [0.25, 0.3) is 0 Å². The van der Waals surface area contributed by atoms with E-state index in [0.717, 1.165) is 0 Å². The van der Waals surface area contributed by atoms with Crippen LogP contribution < -0.4 is 0 Å². The van der Waals surface area contributed by atoms with Gasteiger partial charge in [0.05, 0.1) is 0 Å². The molecule has 0 saturated heterocycles. The molecule has 0 aliphatic carbocycles. The van der Waals surface area contributed by atoms with Gasteiger partial charge in [0.15, 0.2) is 0 Å². The summed E-state index contributed by atoms with van der Waals surface area (Å²) >= 11 is 3.69. The van der Waals surface area contributed by atoms with E-state index in [1.54, 1.807) is 0 Å². The van der Waals surface area contributed by atoms with Crippen molar-refractivity contribution in [1.29, 1.82) is 0 Å². The molecule has 0 fully saturated rings. The summed E-state index contributed by atoms with van der Waals surface area (Å²) in [5.41, 5.74) is 0. The van der Waals surface area contributed by atoms with Crippen LogP contribution in [0.2, 0.25) is 0 Å².